The normalized spacial score (nSPS) is 11.9. The maximum Gasteiger partial charge on any atom is 0.212 e. The molecule has 112 valence electrons. The molecule has 2 aromatic rings. The third kappa shape index (κ3) is 5.41. The monoisotopic (exact) mass is 288 g/mol. The summed E-state index contributed by atoms with van der Waals surface area (Å²) in [7, 11) is 1.59. The summed E-state index contributed by atoms with van der Waals surface area (Å²) in [5, 5.41) is 13.0. The molecule has 0 aliphatic heterocycles. The Morgan fingerprint density at radius 1 is 1.19 bits per heavy atom. The van der Waals surface area contributed by atoms with Gasteiger partial charge in [-0.1, -0.05) is 24.3 Å². The number of hydrogen-bond acceptors (Lipinski definition) is 5. The van der Waals surface area contributed by atoms with Crippen LogP contribution in [-0.4, -0.2) is 36.5 Å². The van der Waals surface area contributed by atoms with Crippen LogP contribution in [0.25, 0.3) is 0 Å². The van der Waals surface area contributed by atoms with Crippen molar-refractivity contribution in [1.82, 2.24) is 10.3 Å². The maximum atomic E-state index is 9.85. The highest BCUT2D eigenvalue weighted by Crippen LogP contribution is 2.08. The minimum absolute atomic E-state index is 0.262. The third-order valence-corrected chi connectivity index (χ3v) is 2.90. The molecule has 0 radical (unpaired) electrons. The summed E-state index contributed by atoms with van der Waals surface area (Å²) in [4.78, 5) is 4.12. The first-order chi connectivity index (χ1) is 10.3. The molecular formula is C16H20N2O3. The fourth-order valence-corrected chi connectivity index (χ4v) is 1.79. The molecule has 1 heterocycles. The van der Waals surface area contributed by atoms with E-state index < -0.39 is 6.10 Å². The van der Waals surface area contributed by atoms with E-state index in [1.807, 2.05) is 42.5 Å². The number of nitrogens with one attached hydrogen (secondary N) is 1. The van der Waals surface area contributed by atoms with Gasteiger partial charge in [-0.2, -0.15) is 0 Å². The summed E-state index contributed by atoms with van der Waals surface area (Å²) in [6.45, 7) is 1.36. The number of rotatable bonds is 8. The zero-order chi connectivity index (χ0) is 14.9. The molecule has 0 fully saturated rings. The summed E-state index contributed by atoms with van der Waals surface area (Å²) >= 11 is 0. The average molecular weight is 288 g/mol. The molecule has 0 saturated heterocycles. The van der Waals surface area contributed by atoms with E-state index in [4.69, 9.17) is 9.47 Å². The molecule has 0 saturated carbocycles. The van der Waals surface area contributed by atoms with Crippen molar-refractivity contribution in [2.45, 2.75) is 12.6 Å². The maximum absolute atomic E-state index is 9.85. The molecule has 2 rings (SSSR count). The first-order valence-corrected chi connectivity index (χ1v) is 6.83. The highest BCUT2D eigenvalue weighted by molar-refractivity contribution is 5.21. The van der Waals surface area contributed by atoms with E-state index in [0.717, 1.165) is 11.3 Å². The quantitative estimate of drug-likeness (QED) is 0.773. The standard InChI is InChI=1S/C16H20N2O3/c1-20-16-8-7-13(10-18-16)9-17-11-14(19)12-21-15-5-3-2-4-6-15/h2-8,10,14,17,19H,9,11-12H2,1H3. The van der Waals surface area contributed by atoms with Crippen molar-refractivity contribution in [2.75, 3.05) is 20.3 Å². The average Bonchev–Trinajstić information content (AvgIpc) is 2.54. The summed E-state index contributed by atoms with van der Waals surface area (Å²) in [5.41, 5.74) is 1.03. The van der Waals surface area contributed by atoms with Gasteiger partial charge in [0.15, 0.2) is 0 Å². The zero-order valence-corrected chi connectivity index (χ0v) is 12.0. The van der Waals surface area contributed by atoms with Crippen LogP contribution >= 0.6 is 0 Å². The highest BCUT2D eigenvalue weighted by atomic mass is 16.5. The SMILES string of the molecule is COc1ccc(CNCC(O)COc2ccccc2)cn1. The molecular weight excluding hydrogens is 268 g/mol. The van der Waals surface area contributed by atoms with Gasteiger partial charge < -0.3 is 19.9 Å². The first kappa shape index (κ1) is 15.3. The molecule has 1 aromatic heterocycles. The number of ether oxygens (including phenoxy) is 2. The third-order valence-electron chi connectivity index (χ3n) is 2.90. The van der Waals surface area contributed by atoms with Gasteiger partial charge in [-0.3, -0.25) is 0 Å². The lowest BCUT2D eigenvalue weighted by atomic mass is 10.2. The Bertz CT molecular complexity index is 517. The van der Waals surface area contributed by atoms with E-state index in [1.54, 1.807) is 13.3 Å². The number of pyridine rings is 1. The smallest absolute Gasteiger partial charge is 0.212 e. The molecule has 0 amide bonds. The van der Waals surface area contributed by atoms with E-state index in [-0.39, 0.29) is 6.61 Å². The predicted molar refractivity (Wildman–Crippen MR) is 80.4 cm³/mol. The van der Waals surface area contributed by atoms with Crippen molar-refractivity contribution < 1.29 is 14.6 Å². The van der Waals surface area contributed by atoms with Crippen LogP contribution in [-0.2, 0) is 6.54 Å². The van der Waals surface area contributed by atoms with Gasteiger partial charge in [0.25, 0.3) is 0 Å². The first-order valence-electron chi connectivity index (χ1n) is 6.83. The van der Waals surface area contributed by atoms with Crippen molar-refractivity contribution in [1.29, 1.82) is 0 Å². The van der Waals surface area contributed by atoms with Crippen LogP contribution in [0.3, 0.4) is 0 Å². The second kappa shape index (κ2) is 8.24. The van der Waals surface area contributed by atoms with Gasteiger partial charge >= 0.3 is 0 Å². The second-order valence-corrected chi connectivity index (χ2v) is 4.62. The van der Waals surface area contributed by atoms with Crippen molar-refractivity contribution in [2.24, 2.45) is 0 Å². The summed E-state index contributed by atoms with van der Waals surface area (Å²) in [6.07, 6.45) is 1.19. The van der Waals surface area contributed by atoms with Crippen LogP contribution in [0.5, 0.6) is 11.6 Å². The van der Waals surface area contributed by atoms with Crippen molar-refractivity contribution in [3.05, 3.63) is 54.2 Å². The molecule has 0 aliphatic carbocycles. The molecule has 0 bridgehead atoms. The van der Waals surface area contributed by atoms with Crippen LogP contribution in [0.1, 0.15) is 5.56 Å². The van der Waals surface area contributed by atoms with Crippen LogP contribution in [0, 0.1) is 0 Å². The second-order valence-electron chi connectivity index (χ2n) is 4.62. The number of aliphatic hydroxyl groups is 1. The minimum atomic E-state index is -0.559. The van der Waals surface area contributed by atoms with Gasteiger partial charge in [0.1, 0.15) is 18.5 Å². The van der Waals surface area contributed by atoms with Crippen LogP contribution < -0.4 is 14.8 Å². The molecule has 0 spiro atoms. The van der Waals surface area contributed by atoms with Crippen molar-refractivity contribution in [3.63, 3.8) is 0 Å². The van der Waals surface area contributed by atoms with Gasteiger partial charge in [-0.15, -0.1) is 0 Å². The largest absolute Gasteiger partial charge is 0.491 e. The molecule has 5 nitrogen and oxygen atoms in total. The topological polar surface area (TPSA) is 63.6 Å². The number of para-hydroxylation sites is 1. The van der Waals surface area contributed by atoms with Crippen LogP contribution in [0.4, 0.5) is 0 Å². The van der Waals surface area contributed by atoms with E-state index in [0.29, 0.717) is 19.0 Å². The fraction of sp³-hybridized carbons (Fsp3) is 0.312. The fourth-order valence-electron chi connectivity index (χ4n) is 1.79. The van der Waals surface area contributed by atoms with E-state index in [1.165, 1.54) is 0 Å². The Balaban J connectivity index is 1.65. The van der Waals surface area contributed by atoms with E-state index >= 15 is 0 Å². The van der Waals surface area contributed by atoms with Crippen LogP contribution in [0.15, 0.2) is 48.7 Å². The Hall–Kier alpha value is -2.11. The number of nitrogens with zero attached hydrogens (tertiary/aromatic N) is 1. The zero-order valence-electron chi connectivity index (χ0n) is 12.0. The molecule has 1 aromatic carbocycles. The molecule has 0 aliphatic rings. The van der Waals surface area contributed by atoms with Crippen molar-refractivity contribution >= 4 is 0 Å². The summed E-state index contributed by atoms with van der Waals surface area (Å²) < 4.78 is 10.5. The Morgan fingerprint density at radius 3 is 2.67 bits per heavy atom. The lowest BCUT2D eigenvalue weighted by molar-refractivity contribution is 0.106. The Kier molecular flexibility index (Phi) is 5.99. The van der Waals surface area contributed by atoms with Gasteiger partial charge in [-0.05, 0) is 17.7 Å². The Labute approximate surface area is 124 Å². The van der Waals surface area contributed by atoms with Gasteiger partial charge in [0, 0.05) is 25.4 Å². The van der Waals surface area contributed by atoms with Gasteiger partial charge in [-0.25, -0.2) is 4.98 Å². The van der Waals surface area contributed by atoms with Crippen LogP contribution in [0.2, 0.25) is 0 Å². The molecule has 21 heavy (non-hydrogen) atoms. The number of benzene rings is 1. The molecule has 2 N–H and O–H groups in total. The highest BCUT2D eigenvalue weighted by Gasteiger charge is 2.05. The van der Waals surface area contributed by atoms with E-state index in [2.05, 4.69) is 10.3 Å². The summed E-state index contributed by atoms with van der Waals surface area (Å²) in [5.74, 6) is 1.35. The molecule has 1 atom stereocenters. The Morgan fingerprint density at radius 2 is 2.00 bits per heavy atom. The molecule has 1 unspecified atom stereocenters. The number of aliphatic hydroxyl groups excluding tert-OH is 1. The van der Waals surface area contributed by atoms with E-state index in [9.17, 15) is 5.11 Å². The lowest BCUT2D eigenvalue weighted by Gasteiger charge is -2.13. The van der Waals surface area contributed by atoms with Gasteiger partial charge in [0.2, 0.25) is 5.88 Å². The minimum Gasteiger partial charge on any atom is -0.491 e. The lowest BCUT2D eigenvalue weighted by Crippen LogP contribution is -2.31. The molecule has 5 heteroatoms. The number of aromatic nitrogens is 1. The summed E-state index contributed by atoms with van der Waals surface area (Å²) in [6, 6.07) is 13.2. The predicted octanol–water partition coefficient (Wildman–Crippen LogP) is 1.62. The van der Waals surface area contributed by atoms with Gasteiger partial charge in [0.05, 0.1) is 7.11 Å². The number of hydrogen-bond donors (Lipinski definition) is 2. The number of methoxy groups -OCH3 is 1. The van der Waals surface area contributed by atoms with Crippen molar-refractivity contribution in [3.8, 4) is 11.6 Å².